The van der Waals surface area contributed by atoms with Gasteiger partial charge in [-0.05, 0) is 48.9 Å². The highest BCUT2D eigenvalue weighted by atomic mass is 19.4. The van der Waals surface area contributed by atoms with Crippen LogP contribution in [0, 0.1) is 12.7 Å². The van der Waals surface area contributed by atoms with Gasteiger partial charge in [0, 0.05) is 11.9 Å². The van der Waals surface area contributed by atoms with Crippen LogP contribution in [0.1, 0.15) is 21.5 Å². The minimum atomic E-state index is -4.58. The quantitative estimate of drug-likeness (QED) is 0.591. The summed E-state index contributed by atoms with van der Waals surface area (Å²) in [6, 6.07) is 10.8. The molecule has 0 aliphatic heterocycles. The number of carbonyl (C=O) groups is 1. The molecule has 3 rings (SSSR count). The van der Waals surface area contributed by atoms with Crippen molar-refractivity contribution >= 4 is 11.6 Å². The van der Waals surface area contributed by atoms with Crippen LogP contribution in [0.4, 0.5) is 23.2 Å². The molecule has 0 unspecified atom stereocenters. The van der Waals surface area contributed by atoms with Crippen LogP contribution in [-0.2, 0) is 6.18 Å². The van der Waals surface area contributed by atoms with Gasteiger partial charge in [0.15, 0.2) is 5.75 Å². The van der Waals surface area contributed by atoms with Crippen LogP contribution in [0.3, 0.4) is 0 Å². The molecular weight excluding hydrogens is 376 g/mol. The van der Waals surface area contributed by atoms with Gasteiger partial charge in [0.2, 0.25) is 0 Å². The number of amides is 1. The lowest BCUT2D eigenvalue weighted by Crippen LogP contribution is -2.15. The first-order valence-electron chi connectivity index (χ1n) is 8.11. The smallest absolute Gasteiger partial charge is 0.420 e. The lowest BCUT2D eigenvalue weighted by molar-refractivity contribution is -0.138. The molecule has 0 saturated heterocycles. The predicted octanol–water partition coefficient (Wildman–Crippen LogP) is 5.59. The van der Waals surface area contributed by atoms with E-state index in [0.717, 1.165) is 18.5 Å². The minimum absolute atomic E-state index is 0.0759. The monoisotopic (exact) mass is 390 g/mol. The van der Waals surface area contributed by atoms with Gasteiger partial charge >= 0.3 is 6.18 Å². The van der Waals surface area contributed by atoms with Crippen molar-refractivity contribution in [1.29, 1.82) is 0 Å². The third-order valence-electron chi connectivity index (χ3n) is 3.88. The molecule has 28 heavy (non-hydrogen) atoms. The topological polar surface area (TPSA) is 51.2 Å². The Kier molecular flexibility index (Phi) is 5.30. The normalized spacial score (nSPS) is 11.2. The fourth-order valence-electron chi connectivity index (χ4n) is 2.54. The van der Waals surface area contributed by atoms with Crippen molar-refractivity contribution in [3.05, 3.63) is 83.4 Å². The van der Waals surface area contributed by atoms with Gasteiger partial charge < -0.3 is 10.1 Å². The average molecular weight is 390 g/mol. The summed E-state index contributed by atoms with van der Waals surface area (Å²) in [5, 5.41) is 2.54. The van der Waals surface area contributed by atoms with Crippen LogP contribution in [0.25, 0.3) is 0 Å². The van der Waals surface area contributed by atoms with Gasteiger partial charge in [-0.15, -0.1) is 0 Å². The lowest BCUT2D eigenvalue weighted by Gasteiger charge is -2.13. The van der Waals surface area contributed by atoms with Crippen LogP contribution < -0.4 is 10.1 Å². The summed E-state index contributed by atoms with van der Waals surface area (Å²) in [6.07, 6.45) is -2.58. The van der Waals surface area contributed by atoms with Crippen LogP contribution in [0.5, 0.6) is 11.5 Å². The Morgan fingerprint density at radius 2 is 1.79 bits per heavy atom. The summed E-state index contributed by atoms with van der Waals surface area (Å²) in [7, 11) is 0. The molecule has 0 aliphatic rings. The van der Waals surface area contributed by atoms with E-state index in [-0.39, 0.29) is 11.3 Å². The zero-order chi connectivity index (χ0) is 20.3. The van der Waals surface area contributed by atoms with Crippen molar-refractivity contribution in [1.82, 2.24) is 4.98 Å². The van der Waals surface area contributed by atoms with E-state index in [1.807, 2.05) is 0 Å². The van der Waals surface area contributed by atoms with Gasteiger partial charge in [-0.3, -0.25) is 9.78 Å². The number of hydrogen-bond acceptors (Lipinski definition) is 3. The maximum atomic E-state index is 13.9. The molecule has 1 aromatic heterocycles. The van der Waals surface area contributed by atoms with E-state index in [0.29, 0.717) is 11.3 Å². The Bertz CT molecular complexity index is 982. The van der Waals surface area contributed by atoms with Crippen molar-refractivity contribution in [2.24, 2.45) is 0 Å². The number of hydrogen-bond donors (Lipinski definition) is 1. The van der Waals surface area contributed by atoms with Gasteiger partial charge in [-0.25, -0.2) is 4.39 Å². The number of halogens is 4. The number of anilines is 1. The van der Waals surface area contributed by atoms with Crippen molar-refractivity contribution in [2.75, 3.05) is 5.32 Å². The molecule has 1 N–H and O–H groups in total. The molecule has 0 fully saturated rings. The number of carbonyl (C=O) groups excluding carboxylic acids is 1. The van der Waals surface area contributed by atoms with Crippen LogP contribution in [-0.4, -0.2) is 10.9 Å². The number of aromatic nitrogens is 1. The Morgan fingerprint density at radius 1 is 1.07 bits per heavy atom. The molecule has 0 atom stereocenters. The highest BCUT2D eigenvalue weighted by molar-refractivity contribution is 6.05. The lowest BCUT2D eigenvalue weighted by atomic mass is 10.1. The number of alkyl halides is 3. The Morgan fingerprint density at radius 3 is 2.43 bits per heavy atom. The van der Waals surface area contributed by atoms with Gasteiger partial charge in [0.05, 0.1) is 11.8 Å². The molecule has 2 aromatic carbocycles. The second-order valence-corrected chi connectivity index (χ2v) is 5.88. The van der Waals surface area contributed by atoms with E-state index >= 15 is 0 Å². The molecule has 0 spiro atoms. The number of pyridine rings is 1. The SMILES string of the molecule is Cc1cccc(F)c1C(=O)Nc1ccc(Oc2cnccc2C(F)(F)F)cc1. The Hall–Kier alpha value is -3.42. The van der Waals surface area contributed by atoms with Crippen LogP contribution in [0.2, 0.25) is 0 Å². The van der Waals surface area contributed by atoms with Crippen molar-refractivity contribution < 1.29 is 27.1 Å². The highest BCUT2D eigenvalue weighted by Gasteiger charge is 2.34. The number of nitrogens with one attached hydrogen (secondary N) is 1. The number of ether oxygens (including phenoxy) is 1. The molecule has 0 radical (unpaired) electrons. The fourth-order valence-corrected chi connectivity index (χ4v) is 2.54. The largest absolute Gasteiger partial charge is 0.455 e. The van der Waals surface area contributed by atoms with Crippen molar-refractivity contribution in [3.8, 4) is 11.5 Å². The molecule has 3 aromatic rings. The predicted molar refractivity (Wildman–Crippen MR) is 94.8 cm³/mol. The molecule has 4 nitrogen and oxygen atoms in total. The summed E-state index contributed by atoms with van der Waals surface area (Å²) < 4.78 is 58.1. The summed E-state index contributed by atoms with van der Waals surface area (Å²) in [5.41, 5.74) is -0.209. The number of aryl methyl sites for hydroxylation is 1. The maximum Gasteiger partial charge on any atom is 0.420 e. The summed E-state index contributed by atoms with van der Waals surface area (Å²) in [6.45, 7) is 1.61. The second-order valence-electron chi connectivity index (χ2n) is 5.88. The summed E-state index contributed by atoms with van der Waals surface area (Å²) >= 11 is 0. The zero-order valence-corrected chi connectivity index (χ0v) is 14.5. The molecule has 8 heteroatoms. The first-order chi connectivity index (χ1) is 13.3. The molecular formula is C20H14F4N2O2. The highest BCUT2D eigenvalue weighted by Crippen LogP contribution is 2.37. The molecule has 1 amide bonds. The van der Waals surface area contributed by atoms with E-state index in [1.54, 1.807) is 13.0 Å². The minimum Gasteiger partial charge on any atom is -0.455 e. The molecule has 144 valence electrons. The summed E-state index contributed by atoms with van der Waals surface area (Å²) in [4.78, 5) is 15.9. The molecule has 0 aliphatic carbocycles. The molecule has 0 bridgehead atoms. The standard InChI is InChI=1S/C20H14F4N2O2/c1-12-3-2-4-16(21)18(12)19(27)26-13-5-7-14(8-6-13)28-17-11-25-10-9-15(17)20(22,23)24/h2-11H,1H3,(H,26,27). The number of rotatable bonds is 4. The van der Waals surface area contributed by atoms with Crippen molar-refractivity contribution in [2.45, 2.75) is 13.1 Å². The second kappa shape index (κ2) is 7.67. The number of nitrogens with zero attached hydrogens (tertiary/aromatic N) is 1. The Balaban J connectivity index is 1.76. The van der Waals surface area contributed by atoms with Crippen molar-refractivity contribution in [3.63, 3.8) is 0 Å². The fraction of sp³-hybridized carbons (Fsp3) is 0.100. The zero-order valence-electron chi connectivity index (χ0n) is 14.5. The van der Waals surface area contributed by atoms with Gasteiger partial charge in [0.1, 0.15) is 17.1 Å². The van der Waals surface area contributed by atoms with Gasteiger partial charge in [-0.1, -0.05) is 12.1 Å². The molecule has 0 saturated carbocycles. The summed E-state index contributed by atoms with van der Waals surface area (Å²) in [5.74, 6) is -1.59. The van der Waals surface area contributed by atoms with E-state index in [9.17, 15) is 22.4 Å². The van der Waals surface area contributed by atoms with Crippen LogP contribution in [0.15, 0.2) is 60.9 Å². The number of benzene rings is 2. The van der Waals surface area contributed by atoms with E-state index in [1.165, 1.54) is 36.4 Å². The van der Waals surface area contributed by atoms with Crippen LogP contribution >= 0.6 is 0 Å². The van der Waals surface area contributed by atoms with E-state index in [4.69, 9.17) is 4.74 Å². The third kappa shape index (κ3) is 4.28. The van der Waals surface area contributed by atoms with E-state index < -0.39 is 29.2 Å². The average Bonchev–Trinajstić information content (AvgIpc) is 2.63. The Labute approximate surface area is 157 Å². The molecule has 1 heterocycles. The van der Waals surface area contributed by atoms with E-state index in [2.05, 4.69) is 10.3 Å². The maximum absolute atomic E-state index is 13.9. The van der Waals surface area contributed by atoms with Gasteiger partial charge in [-0.2, -0.15) is 13.2 Å². The first-order valence-corrected chi connectivity index (χ1v) is 8.11. The third-order valence-corrected chi connectivity index (χ3v) is 3.88. The first kappa shape index (κ1) is 19.3. The van der Waals surface area contributed by atoms with Gasteiger partial charge in [0.25, 0.3) is 5.91 Å².